The number of rotatable bonds is 5. The van der Waals surface area contributed by atoms with Crippen LogP contribution in [-0.4, -0.2) is 47.3 Å². The zero-order valence-electron chi connectivity index (χ0n) is 10.8. The highest BCUT2D eigenvalue weighted by atomic mass is 35.5. The predicted molar refractivity (Wildman–Crippen MR) is 75.8 cm³/mol. The Morgan fingerprint density at radius 3 is 2.79 bits per heavy atom. The van der Waals surface area contributed by atoms with Crippen LogP contribution in [0.25, 0.3) is 5.95 Å². The van der Waals surface area contributed by atoms with Gasteiger partial charge in [0.25, 0.3) is 5.95 Å². The van der Waals surface area contributed by atoms with Crippen LogP contribution in [0.3, 0.4) is 0 Å². The average Bonchev–Trinajstić information content (AvgIpc) is 2.90. The fraction of sp³-hybridized carbons (Fsp3) is 0.500. The van der Waals surface area contributed by atoms with Crippen LogP contribution >= 0.6 is 23.4 Å². The number of nitrogens with one attached hydrogen (secondary N) is 1. The molecule has 9 heteroatoms. The van der Waals surface area contributed by atoms with Crippen LogP contribution in [0.1, 0.15) is 13.8 Å². The molecule has 2 heterocycles. The number of nitrogens with zero attached hydrogens (tertiary/aromatic N) is 6. The first-order chi connectivity index (χ1) is 9.00. The van der Waals surface area contributed by atoms with Gasteiger partial charge in [-0.05, 0) is 31.7 Å². The molecule has 0 fully saturated rings. The molecular formula is C10H14ClN7S. The number of hydrogen-bond donors (Lipinski definition) is 1. The van der Waals surface area contributed by atoms with E-state index in [4.69, 9.17) is 11.6 Å². The van der Waals surface area contributed by atoms with E-state index in [1.165, 1.54) is 17.3 Å². The molecule has 7 nitrogen and oxygen atoms in total. The van der Waals surface area contributed by atoms with Gasteiger partial charge in [0.15, 0.2) is 0 Å². The van der Waals surface area contributed by atoms with Gasteiger partial charge < -0.3 is 5.32 Å². The summed E-state index contributed by atoms with van der Waals surface area (Å²) in [4.78, 5) is 16.1. The minimum Gasteiger partial charge on any atom is -0.353 e. The molecule has 0 aliphatic carbocycles. The molecule has 102 valence electrons. The first-order valence-corrected chi connectivity index (χ1v) is 7.16. The molecule has 2 aromatic rings. The highest BCUT2D eigenvalue weighted by Gasteiger charge is 2.16. The molecule has 19 heavy (non-hydrogen) atoms. The van der Waals surface area contributed by atoms with Crippen LogP contribution in [-0.2, 0) is 0 Å². The van der Waals surface area contributed by atoms with Crippen molar-refractivity contribution < 1.29 is 0 Å². The summed E-state index contributed by atoms with van der Waals surface area (Å²) in [5.41, 5.74) is 0. The normalized spacial score (nSPS) is 11.6. The Balaban J connectivity index is 2.18. The summed E-state index contributed by atoms with van der Waals surface area (Å²) >= 11 is 7.64. The lowest BCUT2D eigenvalue weighted by Gasteiger charge is -2.22. The van der Waals surface area contributed by atoms with Crippen molar-refractivity contribution >= 4 is 29.3 Å². The van der Waals surface area contributed by atoms with Crippen LogP contribution in [0.15, 0.2) is 12.7 Å². The minimum absolute atomic E-state index is 0.0759. The molecule has 2 rings (SSSR count). The molecule has 0 aliphatic rings. The highest BCUT2D eigenvalue weighted by molar-refractivity contribution is 7.99. The Labute approximate surface area is 120 Å². The summed E-state index contributed by atoms with van der Waals surface area (Å²) in [7, 11) is 0. The SMILES string of the molecule is CSC(C)(C)CNc1nc(Cl)nc(-n2cncn2)n1. The van der Waals surface area contributed by atoms with Gasteiger partial charge in [0.05, 0.1) is 0 Å². The van der Waals surface area contributed by atoms with Crippen molar-refractivity contribution in [3.8, 4) is 5.95 Å². The first-order valence-electron chi connectivity index (χ1n) is 5.56. The van der Waals surface area contributed by atoms with Crippen LogP contribution in [0.5, 0.6) is 0 Å². The smallest absolute Gasteiger partial charge is 0.258 e. The van der Waals surface area contributed by atoms with E-state index in [0.717, 1.165) is 0 Å². The number of anilines is 1. The Kier molecular flexibility index (Phi) is 4.20. The average molecular weight is 300 g/mol. The van der Waals surface area contributed by atoms with E-state index in [1.54, 1.807) is 11.8 Å². The van der Waals surface area contributed by atoms with Gasteiger partial charge in [0, 0.05) is 11.3 Å². The van der Waals surface area contributed by atoms with Crippen molar-refractivity contribution in [1.82, 2.24) is 29.7 Å². The van der Waals surface area contributed by atoms with E-state index >= 15 is 0 Å². The minimum atomic E-state index is 0.0759. The standard InChI is InChI=1S/C10H14ClN7S/c1-10(2,19-3)4-13-8-15-7(11)16-9(17-8)18-6-12-5-14-18/h5-6H,4H2,1-3H3,(H,13,15,16,17). The third-order valence-corrected chi connectivity index (χ3v) is 3.86. The van der Waals surface area contributed by atoms with Gasteiger partial charge in [-0.25, -0.2) is 4.98 Å². The van der Waals surface area contributed by atoms with Crippen LogP contribution in [0, 0.1) is 0 Å². The lowest BCUT2D eigenvalue weighted by molar-refractivity contribution is 0.739. The molecule has 1 N–H and O–H groups in total. The zero-order valence-corrected chi connectivity index (χ0v) is 12.4. The molecule has 2 aromatic heterocycles. The number of halogens is 1. The molecule has 0 aliphatic heterocycles. The molecule has 0 amide bonds. The second-order valence-electron chi connectivity index (χ2n) is 4.39. The maximum absolute atomic E-state index is 5.88. The van der Waals surface area contributed by atoms with Gasteiger partial charge in [0.2, 0.25) is 11.2 Å². The quantitative estimate of drug-likeness (QED) is 0.899. The number of thioether (sulfide) groups is 1. The van der Waals surface area contributed by atoms with Gasteiger partial charge in [0.1, 0.15) is 12.7 Å². The van der Waals surface area contributed by atoms with E-state index in [9.17, 15) is 0 Å². The second kappa shape index (κ2) is 5.70. The van der Waals surface area contributed by atoms with E-state index in [0.29, 0.717) is 18.4 Å². The van der Waals surface area contributed by atoms with Crippen molar-refractivity contribution in [2.75, 3.05) is 18.1 Å². The van der Waals surface area contributed by atoms with Gasteiger partial charge in [-0.3, -0.25) is 0 Å². The fourth-order valence-corrected chi connectivity index (χ4v) is 1.57. The van der Waals surface area contributed by atoms with Crippen molar-refractivity contribution in [1.29, 1.82) is 0 Å². The van der Waals surface area contributed by atoms with Crippen molar-refractivity contribution in [3.05, 3.63) is 17.9 Å². The van der Waals surface area contributed by atoms with Crippen LogP contribution in [0.4, 0.5) is 5.95 Å². The lowest BCUT2D eigenvalue weighted by atomic mass is 10.2. The molecule has 0 saturated heterocycles. The van der Waals surface area contributed by atoms with Gasteiger partial charge in [-0.1, -0.05) is 0 Å². The molecule has 0 atom stereocenters. The highest BCUT2D eigenvalue weighted by Crippen LogP contribution is 2.21. The Bertz CT molecular complexity index is 543. The predicted octanol–water partition coefficient (Wildman–Crippen LogP) is 1.66. The summed E-state index contributed by atoms with van der Waals surface area (Å²) in [5, 5.41) is 7.22. The summed E-state index contributed by atoms with van der Waals surface area (Å²) < 4.78 is 1.50. The van der Waals surface area contributed by atoms with Crippen molar-refractivity contribution in [2.45, 2.75) is 18.6 Å². The van der Waals surface area contributed by atoms with Gasteiger partial charge >= 0.3 is 0 Å². The topological polar surface area (TPSA) is 81.4 Å². The molecule has 0 radical (unpaired) electrons. The third-order valence-electron chi connectivity index (χ3n) is 2.44. The van der Waals surface area contributed by atoms with E-state index in [1.807, 2.05) is 0 Å². The summed E-state index contributed by atoms with van der Waals surface area (Å²) in [6.45, 7) is 4.98. The molecule has 0 spiro atoms. The maximum Gasteiger partial charge on any atom is 0.258 e. The van der Waals surface area contributed by atoms with Crippen LogP contribution < -0.4 is 5.32 Å². The summed E-state index contributed by atoms with van der Waals surface area (Å²) in [6.07, 6.45) is 4.96. The van der Waals surface area contributed by atoms with E-state index < -0.39 is 0 Å². The lowest BCUT2D eigenvalue weighted by Crippen LogP contribution is -2.27. The Morgan fingerprint density at radius 2 is 2.16 bits per heavy atom. The third kappa shape index (κ3) is 3.77. The molecular weight excluding hydrogens is 286 g/mol. The Morgan fingerprint density at radius 1 is 1.37 bits per heavy atom. The molecule has 0 unspecified atom stereocenters. The largest absolute Gasteiger partial charge is 0.353 e. The second-order valence-corrected chi connectivity index (χ2v) is 6.24. The fourth-order valence-electron chi connectivity index (χ4n) is 1.20. The van der Waals surface area contributed by atoms with Gasteiger partial charge in [-0.2, -0.15) is 36.5 Å². The van der Waals surface area contributed by atoms with Gasteiger partial charge in [-0.15, -0.1) is 0 Å². The van der Waals surface area contributed by atoms with E-state index in [-0.39, 0.29) is 10.0 Å². The number of hydrogen-bond acceptors (Lipinski definition) is 7. The maximum atomic E-state index is 5.88. The zero-order chi connectivity index (χ0) is 13.9. The van der Waals surface area contributed by atoms with E-state index in [2.05, 4.69) is 50.5 Å². The summed E-state index contributed by atoms with van der Waals surface area (Å²) in [5.74, 6) is 0.759. The molecule has 0 bridgehead atoms. The van der Waals surface area contributed by atoms with Crippen LogP contribution in [0.2, 0.25) is 5.28 Å². The van der Waals surface area contributed by atoms with Crippen molar-refractivity contribution in [3.63, 3.8) is 0 Å². The Hall–Kier alpha value is -1.41. The first kappa shape index (κ1) is 14.0. The monoisotopic (exact) mass is 299 g/mol. The molecule has 0 aromatic carbocycles. The molecule has 0 saturated carbocycles. The summed E-state index contributed by atoms with van der Waals surface area (Å²) in [6, 6.07) is 0. The number of aromatic nitrogens is 6. The van der Waals surface area contributed by atoms with Crippen molar-refractivity contribution in [2.24, 2.45) is 0 Å².